The third-order valence-electron chi connectivity index (χ3n) is 10.8. The quantitative estimate of drug-likeness (QED) is 0.0262. The molecule has 0 amide bonds. The van der Waals surface area contributed by atoms with Crippen molar-refractivity contribution in [2.75, 3.05) is 41.0 Å². The van der Waals surface area contributed by atoms with Gasteiger partial charge in [-0.1, -0.05) is 179 Å². The van der Waals surface area contributed by atoms with E-state index in [0.29, 0.717) is 12.8 Å². The maximum absolute atomic E-state index is 12.7. The molecule has 8 heteroatoms. The van der Waals surface area contributed by atoms with Crippen LogP contribution in [0.5, 0.6) is 0 Å². The zero-order valence-corrected chi connectivity index (χ0v) is 38.0. The molecule has 0 aliphatic rings. The Bertz CT molecular complexity index is 989. The highest BCUT2D eigenvalue weighted by Crippen LogP contribution is 2.15. The molecule has 334 valence electrons. The molecule has 0 aromatic heterocycles. The van der Waals surface area contributed by atoms with Gasteiger partial charge in [-0.05, 0) is 44.9 Å². The maximum Gasteiger partial charge on any atom is 0.306 e. The van der Waals surface area contributed by atoms with Crippen molar-refractivity contribution in [2.24, 2.45) is 0 Å². The molecule has 0 saturated carbocycles. The van der Waals surface area contributed by atoms with Crippen LogP contribution in [-0.4, -0.2) is 75.5 Å². The normalized spacial score (nSPS) is 13.1. The lowest BCUT2D eigenvalue weighted by molar-refractivity contribution is -0.889. The van der Waals surface area contributed by atoms with Crippen molar-refractivity contribution in [2.45, 2.75) is 231 Å². The second-order valence-electron chi connectivity index (χ2n) is 17.4. The predicted octanol–water partition coefficient (Wildman–Crippen LogP) is 11.9. The minimum absolute atomic E-state index is 0.0390. The van der Waals surface area contributed by atoms with Crippen molar-refractivity contribution >= 4 is 17.9 Å². The summed E-state index contributed by atoms with van der Waals surface area (Å²) in [5, 5.41) is 11.6. The number of hydrogen-bond acceptors (Lipinski definition) is 7. The number of likely N-dealkylation sites (N-methyl/N-ethyl adjacent to an activating group) is 1. The van der Waals surface area contributed by atoms with Crippen LogP contribution in [-0.2, 0) is 28.6 Å². The Kier molecular flexibility index (Phi) is 39.0. The van der Waals surface area contributed by atoms with Gasteiger partial charge < -0.3 is 28.6 Å². The summed E-state index contributed by atoms with van der Waals surface area (Å²) in [5.41, 5.74) is 0. The standard InChI is InChI=1S/C49H91NO7/c1-6-8-10-12-14-16-18-20-22-24-26-27-29-31-33-35-37-39-47(51)56-44-45(43-55-42-41-46(49(53)54)50(3,4)5)57-48(52)40-38-36-34-32-30-28-25-23-21-19-17-15-13-11-9-7-2/h17,19,23,25,45-46H,6-16,18,20-22,24,26-44H2,1-5H3/b19-17-,25-23-. The number of unbranched alkanes of at least 4 members (excludes halogenated alkanes) is 25. The fraction of sp³-hybridized carbons (Fsp3) is 0.857. The van der Waals surface area contributed by atoms with E-state index in [1.54, 1.807) is 21.1 Å². The van der Waals surface area contributed by atoms with E-state index in [9.17, 15) is 19.5 Å². The number of carboxylic acids is 1. The maximum atomic E-state index is 12.7. The van der Waals surface area contributed by atoms with E-state index < -0.39 is 18.1 Å². The third-order valence-corrected chi connectivity index (χ3v) is 10.8. The van der Waals surface area contributed by atoms with Crippen LogP contribution in [0.15, 0.2) is 24.3 Å². The van der Waals surface area contributed by atoms with Crippen molar-refractivity contribution < 1.29 is 38.2 Å². The zero-order chi connectivity index (χ0) is 42.1. The van der Waals surface area contributed by atoms with Gasteiger partial charge in [0, 0.05) is 19.3 Å². The van der Waals surface area contributed by atoms with Crippen LogP contribution in [0.2, 0.25) is 0 Å². The molecule has 0 aliphatic heterocycles. The first-order valence-corrected chi connectivity index (χ1v) is 23.9. The molecule has 0 N–H and O–H groups in total. The molecule has 0 aromatic rings. The number of carbonyl (C=O) groups excluding carboxylic acids is 3. The highest BCUT2D eigenvalue weighted by molar-refractivity contribution is 5.70. The van der Waals surface area contributed by atoms with E-state index >= 15 is 0 Å². The first-order chi connectivity index (χ1) is 27.6. The Morgan fingerprint density at radius 3 is 1.37 bits per heavy atom. The Morgan fingerprint density at radius 2 is 0.930 bits per heavy atom. The third kappa shape index (κ3) is 39.1. The van der Waals surface area contributed by atoms with Gasteiger partial charge in [0.1, 0.15) is 12.6 Å². The van der Waals surface area contributed by atoms with Crippen molar-refractivity contribution in [1.82, 2.24) is 0 Å². The van der Waals surface area contributed by atoms with Crippen molar-refractivity contribution in [1.29, 1.82) is 0 Å². The average molecular weight is 806 g/mol. The molecule has 0 heterocycles. The van der Waals surface area contributed by atoms with Gasteiger partial charge in [-0.25, -0.2) is 0 Å². The number of ether oxygens (including phenoxy) is 3. The number of carboxylic acid groups (broad SMARTS) is 1. The number of carbonyl (C=O) groups is 3. The Morgan fingerprint density at radius 1 is 0.526 bits per heavy atom. The summed E-state index contributed by atoms with van der Waals surface area (Å²) in [6.45, 7) is 4.66. The van der Waals surface area contributed by atoms with E-state index in [1.807, 2.05) is 0 Å². The summed E-state index contributed by atoms with van der Waals surface area (Å²) in [6.07, 6.45) is 44.8. The number of rotatable bonds is 43. The average Bonchev–Trinajstić information content (AvgIpc) is 3.17. The lowest BCUT2D eigenvalue weighted by Crippen LogP contribution is -2.55. The number of esters is 2. The van der Waals surface area contributed by atoms with Gasteiger partial charge in [0.05, 0.1) is 40.3 Å². The molecule has 57 heavy (non-hydrogen) atoms. The number of allylic oxidation sites excluding steroid dienone is 4. The van der Waals surface area contributed by atoms with Gasteiger partial charge >= 0.3 is 11.9 Å². The van der Waals surface area contributed by atoms with Gasteiger partial charge in [-0.3, -0.25) is 9.59 Å². The molecule has 8 nitrogen and oxygen atoms in total. The lowest BCUT2D eigenvalue weighted by Gasteiger charge is -2.34. The summed E-state index contributed by atoms with van der Waals surface area (Å²) >= 11 is 0. The highest BCUT2D eigenvalue weighted by Gasteiger charge is 2.25. The Balaban J connectivity index is 4.29. The monoisotopic (exact) mass is 806 g/mol. The summed E-state index contributed by atoms with van der Waals surface area (Å²) in [7, 11) is 5.41. The predicted molar refractivity (Wildman–Crippen MR) is 236 cm³/mol. The van der Waals surface area contributed by atoms with Crippen molar-refractivity contribution in [3.63, 3.8) is 0 Å². The number of aliphatic carboxylic acids is 1. The number of quaternary nitrogens is 1. The van der Waals surface area contributed by atoms with E-state index in [0.717, 1.165) is 64.2 Å². The molecule has 0 aliphatic carbocycles. The summed E-state index contributed by atoms with van der Waals surface area (Å²) in [6, 6.07) is -0.726. The van der Waals surface area contributed by atoms with Gasteiger partial charge in [-0.2, -0.15) is 0 Å². The molecule has 0 radical (unpaired) electrons. The van der Waals surface area contributed by atoms with E-state index in [4.69, 9.17) is 14.2 Å². The zero-order valence-electron chi connectivity index (χ0n) is 38.0. The van der Waals surface area contributed by atoms with Crippen LogP contribution < -0.4 is 5.11 Å². The van der Waals surface area contributed by atoms with Crippen molar-refractivity contribution in [3.05, 3.63) is 24.3 Å². The van der Waals surface area contributed by atoms with E-state index in [1.165, 1.54) is 122 Å². The molecule has 0 fully saturated rings. The van der Waals surface area contributed by atoms with Gasteiger partial charge in [-0.15, -0.1) is 0 Å². The Hall–Kier alpha value is -2.19. The van der Waals surface area contributed by atoms with Crippen LogP contribution in [0.1, 0.15) is 219 Å². The van der Waals surface area contributed by atoms with E-state index in [2.05, 4.69) is 38.2 Å². The van der Waals surface area contributed by atoms with E-state index in [-0.39, 0.29) is 42.7 Å². The van der Waals surface area contributed by atoms with Crippen LogP contribution in [0.25, 0.3) is 0 Å². The van der Waals surface area contributed by atoms with Crippen LogP contribution in [0.3, 0.4) is 0 Å². The molecule has 2 unspecified atom stereocenters. The molecule has 0 rings (SSSR count). The second-order valence-corrected chi connectivity index (χ2v) is 17.4. The lowest BCUT2D eigenvalue weighted by atomic mass is 10.0. The van der Waals surface area contributed by atoms with Gasteiger partial charge in [0.25, 0.3) is 0 Å². The molecule has 2 atom stereocenters. The summed E-state index contributed by atoms with van der Waals surface area (Å²) in [5.74, 6) is -1.74. The fourth-order valence-corrected chi connectivity index (χ4v) is 7.10. The van der Waals surface area contributed by atoms with Crippen LogP contribution >= 0.6 is 0 Å². The van der Waals surface area contributed by atoms with Crippen molar-refractivity contribution in [3.8, 4) is 0 Å². The first kappa shape index (κ1) is 54.8. The van der Waals surface area contributed by atoms with Crippen LogP contribution in [0.4, 0.5) is 0 Å². The molecular formula is C49H91NO7. The van der Waals surface area contributed by atoms with Gasteiger partial charge in [0.2, 0.25) is 0 Å². The molecule has 0 saturated heterocycles. The highest BCUT2D eigenvalue weighted by atomic mass is 16.6. The summed E-state index contributed by atoms with van der Waals surface area (Å²) in [4.78, 5) is 36.9. The summed E-state index contributed by atoms with van der Waals surface area (Å²) < 4.78 is 17.2. The molecule has 0 spiro atoms. The largest absolute Gasteiger partial charge is 0.544 e. The molecule has 0 bridgehead atoms. The smallest absolute Gasteiger partial charge is 0.306 e. The SMILES string of the molecule is CCCCCC/C=C\C/C=C\CCCCCCCC(=O)OC(COCCC(C(=O)[O-])[N+](C)(C)C)COC(=O)CCCCCCCCCCCCCCCCCCC. The minimum atomic E-state index is -1.12. The Labute approximate surface area is 351 Å². The molecule has 0 aromatic carbocycles. The molecular weight excluding hydrogens is 715 g/mol. The first-order valence-electron chi connectivity index (χ1n) is 23.9. The minimum Gasteiger partial charge on any atom is -0.544 e. The fourth-order valence-electron chi connectivity index (χ4n) is 7.10. The van der Waals surface area contributed by atoms with Crippen LogP contribution in [0, 0.1) is 0 Å². The topological polar surface area (TPSA) is 102 Å². The van der Waals surface area contributed by atoms with Gasteiger partial charge in [0.15, 0.2) is 6.10 Å². The second kappa shape index (κ2) is 40.6. The number of hydrogen-bond donors (Lipinski definition) is 0. The number of nitrogens with zero attached hydrogens (tertiary/aromatic N) is 1.